The zero-order valence-electron chi connectivity index (χ0n) is 81.8. The molecule has 0 aromatic heterocycles. The minimum absolute atomic E-state index is 0.196. The highest BCUT2D eigenvalue weighted by Gasteiger charge is 2.57. The van der Waals surface area contributed by atoms with Crippen molar-refractivity contribution in [2.75, 3.05) is 0 Å². The summed E-state index contributed by atoms with van der Waals surface area (Å²) in [6.45, 7) is 110. The molecule has 0 spiro atoms. The van der Waals surface area contributed by atoms with Gasteiger partial charge in [-0.1, -0.05) is 457 Å². The van der Waals surface area contributed by atoms with Crippen LogP contribution >= 0.6 is 8.60 Å². The number of hydrogen-bond donors (Lipinski definition) is 0. The third-order valence-electron chi connectivity index (χ3n) is 24.6. The first-order chi connectivity index (χ1) is 52.2. The Kier molecular flexibility index (Phi) is 31.1. The molecular formula is C111H171O3P. The minimum Gasteiger partial charge on any atom is -0.291 e. The normalized spacial score (nSPS) is 14.0. The first kappa shape index (κ1) is 98.7. The number of benzene rings is 6. The van der Waals surface area contributed by atoms with Crippen LogP contribution < -0.4 is 0 Å². The molecule has 0 aliphatic heterocycles. The Labute approximate surface area is 711 Å². The van der Waals surface area contributed by atoms with Gasteiger partial charge in [0.05, 0.1) is 0 Å². The van der Waals surface area contributed by atoms with Crippen LogP contribution in [0.25, 0.3) is 0 Å². The molecule has 0 saturated carbocycles. The van der Waals surface area contributed by atoms with Crippen LogP contribution in [0, 0.1) is 0 Å². The molecule has 0 aliphatic carbocycles. The standard InChI is InChI=1S/C111H171O3P/c1-43-46-49-52-55-76(4)109(85-64-58-79(97(7,8)9)70-91(85)103(25,26)27,86-65-59-80(98(10,11)12)71-92(86)104(28,29)30)112-115(113-110(77(5)56-53-50-47-44-2,87-66-60-81(99(13,14)15)72-93(87)105(31,32)33)88-67-61-82(100(16,17)18)73-94(88)106(34,35)36)114-111(78(6)57-54-51-48-45-3,89-68-62-83(101(19,20)21)74-95(89)107(37,38)39)90-69-63-84(102(22,23)24)75-96(90)108(40,41)42/h58-75H,4-6,43-57H2,1-3,7-42H3. The number of unbranched alkanes of at least 4 members (excludes halogenated alkanes) is 9. The summed E-state index contributed by atoms with van der Waals surface area (Å²) in [4.78, 5) is 0. The smallest absolute Gasteiger partial charge is 0.291 e. The SMILES string of the molecule is C=C(CCCCCC)C(OP(OC(C(=C)CCCCCC)(c1ccc(C(C)(C)C)cc1C(C)(C)C)c1ccc(C(C)(C)C)cc1C(C)(C)C)OC(C(=C)CCCCCC)(c1ccc(C(C)(C)C)cc1C(C)(C)C)c1ccc(C(C)(C)C)cc1C(C)(C)C)(c1ccc(C(C)(C)C)cc1C(C)(C)C)c1ccc(C(C)(C)C)cc1C(C)(C)C. The second kappa shape index (κ2) is 36.3. The van der Waals surface area contributed by atoms with E-state index in [9.17, 15) is 13.6 Å². The second-order valence-corrected chi connectivity index (χ2v) is 48.3. The molecule has 638 valence electrons. The lowest BCUT2D eigenvalue weighted by Gasteiger charge is -2.50. The van der Waals surface area contributed by atoms with Crippen LogP contribution in [0.5, 0.6) is 0 Å². The van der Waals surface area contributed by atoms with Crippen molar-refractivity contribution in [3.8, 4) is 0 Å². The molecule has 0 aliphatic rings. The van der Waals surface area contributed by atoms with Crippen LogP contribution in [-0.4, -0.2) is 0 Å². The van der Waals surface area contributed by atoms with Crippen molar-refractivity contribution < 1.29 is 13.6 Å². The van der Waals surface area contributed by atoms with E-state index in [2.05, 4.69) is 379 Å². The summed E-state index contributed by atoms with van der Waals surface area (Å²) in [5, 5.41) is 0. The van der Waals surface area contributed by atoms with E-state index in [0.29, 0.717) is 19.3 Å². The Morgan fingerprint density at radius 1 is 0.209 bits per heavy atom. The Bertz CT molecular complexity index is 3630. The molecular weight excluding hydrogens is 1410 g/mol. The summed E-state index contributed by atoms with van der Waals surface area (Å²) in [5.74, 6) is 0. The monoisotopic (exact) mass is 1580 g/mol. The molecule has 4 heteroatoms. The van der Waals surface area contributed by atoms with E-state index < -0.39 is 57.9 Å². The van der Waals surface area contributed by atoms with Crippen LogP contribution in [0.2, 0.25) is 0 Å². The molecule has 6 aromatic carbocycles. The van der Waals surface area contributed by atoms with Crippen molar-refractivity contribution in [2.24, 2.45) is 0 Å². The van der Waals surface area contributed by atoms with E-state index in [1.807, 2.05) is 0 Å². The van der Waals surface area contributed by atoms with Crippen molar-refractivity contribution in [1.29, 1.82) is 0 Å². The van der Waals surface area contributed by atoms with Crippen LogP contribution in [0.3, 0.4) is 0 Å². The maximum Gasteiger partial charge on any atom is 0.337 e. The topological polar surface area (TPSA) is 27.7 Å². The summed E-state index contributed by atoms with van der Waals surface area (Å²) < 4.78 is 29.1. The van der Waals surface area contributed by atoms with Gasteiger partial charge in [0.25, 0.3) is 0 Å². The Balaban J connectivity index is 2.30. The van der Waals surface area contributed by atoms with Crippen molar-refractivity contribution >= 4 is 8.60 Å². The summed E-state index contributed by atoms with van der Waals surface area (Å²) in [6, 6.07) is 44.5. The fourth-order valence-electron chi connectivity index (χ4n) is 16.9. The average molecular weight is 1580 g/mol. The van der Waals surface area contributed by atoms with Gasteiger partial charge in [0.15, 0.2) is 0 Å². The zero-order chi connectivity index (χ0) is 87.7. The molecule has 0 fully saturated rings. The summed E-state index contributed by atoms with van der Waals surface area (Å²) in [5.41, 5.74) is 15.8. The van der Waals surface area contributed by atoms with Crippen molar-refractivity contribution in [3.63, 3.8) is 0 Å². The molecule has 115 heavy (non-hydrogen) atoms. The van der Waals surface area contributed by atoms with E-state index in [4.69, 9.17) is 19.7 Å². The molecule has 0 N–H and O–H groups in total. The minimum atomic E-state index is -2.88. The maximum absolute atomic E-state index is 9.69. The predicted octanol–water partition coefficient (Wildman–Crippen LogP) is 34.2. The molecule has 0 unspecified atom stereocenters. The summed E-state index contributed by atoms with van der Waals surface area (Å²) >= 11 is 0. The first-order valence-corrected chi connectivity index (χ1v) is 46.2. The van der Waals surface area contributed by atoms with Gasteiger partial charge in [-0.2, -0.15) is 0 Å². The van der Waals surface area contributed by atoms with Gasteiger partial charge in [0.2, 0.25) is 0 Å². The predicted molar refractivity (Wildman–Crippen MR) is 509 cm³/mol. The van der Waals surface area contributed by atoms with Gasteiger partial charge in [0.1, 0.15) is 16.8 Å². The van der Waals surface area contributed by atoms with E-state index in [-0.39, 0.29) is 32.5 Å². The van der Waals surface area contributed by atoms with Gasteiger partial charge < -0.3 is 0 Å². The van der Waals surface area contributed by atoms with E-state index in [0.717, 1.165) is 127 Å². The highest BCUT2D eigenvalue weighted by Crippen LogP contribution is 2.68. The van der Waals surface area contributed by atoms with Gasteiger partial charge >= 0.3 is 8.60 Å². The molecule has 0 saturated heterocycles. The molecule has 6 aromatic rings. The van der Waals surface area contributed by atoms with Gasteiger partial charge in [-0.05, 0) is 220 Å². The molecule has 0 heterocycles. The molecule has 0 atom stereocenters. The quantitative estimate of drug-likeness (QED) is 0.0256. The van der Waals surface area contributed by atoms with E-state index in [1.165, 1.54) is 66.8 Å². The maximum atomic E-state index is 9.69. The fourth-order valence-corrected chi connectivity index (χ4v) is 18.7. The van der Waals surface area contributed by atoms with Gasteiger partial charge in [-0.3, -0.25) is 13.6 Å². The van der Waals surface area contributed by atoms with Crippen molar-refractivity contribution in [1.82, 2.24) is 0 Å². The van der Waals surface area contributed by atoms with E-state index >= 15 is 0 Å². The molecule has 0 bridgehead atoms. The molecule has 3 nitrogen and oxygen atoms in total. The lowest BCUT2D eigenvalue weighted by molar-refractivity contribution is 0.00984. The largest absolute Gasteiger partial charge is 0.337 e. The fraction of sp³-hybridized carbons (Fsp3) is 0.622. The Morgan fingerprint density at radius 3 is 0.478 bits per heavy atom. The van der Waals surface area contributed by atoms with Crippen molar-refractivity contribution in [3.05, 3.63) is 246 Å². The highest BCUT2D eigenvalue weighted by atomic mass is 31.2. The Hall–Kier alpha value is -5.15. The lowest BCUT2D eigenvalue weighted by Crippen LogP contribution is -2.43. The zero-order valence-corrected chi connectivity index (χ0v) is 82.7. The van der Waals surface area contributed by atoms with Gasteiger partial charge in [0, 0.05) is 0 Å². The van der Waals surface area contributed by atoms with Gasteiger partial charge in [-0.25, -0.2) is 0 Å². The van der Waals surface area contributed by atoms with Crippen LogP contribution in [0.15, 0.2) is 146 Å². The first-order valence-electron chi connectivity index (χ1n) is 45.1. The average Bonchev–Trinajstić information content (AvgIpc) is 0.711. The number of rotatable bonds is 30. The lowest BCUT2D eigenvalue weighted by atomic mass is 9.67. The van der Waals surface area contributed by atoms with Crippen LogP contribution in [-0.2, 0) is 95.4 Å². The van der Waals surface area contributed by atoms with Crippen LogP contribution in [0.4, 0.5) is 0 Å². The third kappa shape index (κ3) is 23.1. The van der Waals surface area contributed by atoms with Crippen molar-refractivity contribution in [2.45, 2.75) is 448 Å². The molecule has 0 radical (unpaired) electrons. The molecule has 6 rings (SSSR count). The number of hydrogen-bond acceptors (Lipinski definition) is 3. The summed E-state index contributed by atoms with van der Waals surface area (Å²) in [7, 11) is -2.88. The second-order valence-electron chi connectivity index (χ2n) is 47.3. The third-order valence-corrected chi connectivity index (χ3v) is 25.8. The summed E-state index contributed by atoms with van der Waals surface area (Å²) in [6.07, 6.45) is 14.5. The Morgan fingerprint density at radius 2 is 0.357 bits per heavy atom. The van der Waals surface area contributed by atoms with E-state index in [1.54, 1.807) is 0 Å². The highest BCUT2D eigenvalue weighted by molar-refractivity contribution is 7.41. The molecule has 0 amide bonds. The van der Waals surface area contributed by atoms with Gasteiger partial charge in [-0.15, -0.1) is 0 Å². The van der Waals surface area contributed by atoms with Crippen LogP contribution in [0.1, 0.15) is 466 Å².